The number of hydrogen-bond acceptors (Lipinski definition) is 7. The third kappa shape index (κ3) is 5.08. The number of thioether (sulfide) groups is 1. The Labute approximate surface area is 187 Å². The number of carbonyl (C=O) groups excluding carboxylic acids is 1. The number of aryl methyl sites for hydroxylation is 1. The topological polar surface area (TPSA) is 64.1 Å². The van der Waals surface area contributed by atoms with E-state index in [1.807, 2.05) is 35.0 Å². The number of nitrogens with zero attached hydrogens (tertiary/aromatic N) is 2. The summed E-state index contributed by atoms with van der Waals surface area (Å²) in [5.74, 6) is 0.994. The van der Waals surface area contributed by atoms with Crippen LogP contribution in [-0.4, -0.2) is 28.7 Å². The predicted molar refractivity (Wildman–Crippen MR) is 126 cm³/mol. The van der Waals surface area contributed by atoms with Crippen LogP contribution in [-0.2, 0) is 4.79 Å². The Bertz CT molecular complexity index is 1140. The second-order valence-electron chi connectivity index (χ2n) is 6.47. The van der Waals surface area contributed by atoms with Gasteiger partial charge in [0.05, 0.1) is 24.3 Å². The highest BCUT2D eigenvalue weighted by molar-refractivity contribution is 8.01. The number of ether oxygens (including phenoxy) is 1. The van der Waals surface area contributed by atoms with E-state index < -0.39 is 0 Å². The highest BCUT2D eigenvalue weighted by Gasteiger charge is 2.11. The van der Waals surface area contributed by atoms with Gasteiger partial charge in [-0.1, -0.05) is 41.6 Å². The van der Waals surface area contributed by atoms with E-state index in [0.717, 1.165) is 32.6 Å². The van der Waals surface area contributed by atoms with Crippen molar-refractivity contribution in [3.63, 3.8) is 0 Å². The SMILES string of the molecule is COc1ccc(-c2csc(NC(=O)CSc3nc(-c4ccc(C)cc4)cs3)n2)cc1. The molecular weight excluding hydrogens is 434 g/mol. The molecule has 0 aliphatic rings. The molecule has 2 heterocycles. The van der Waals surface area contributed by atoms with Crippen LogP contribution in [0, 0.1) is 6.92 Å². The molecule has 0 saturated carbocycles. The van der Waals surface area contributed by atoms with Crippen LogP contribution in [0.5, 0.6) is 5.75 Å². The fourth-order valence-corrected chi connectivity index (χ4v) is 5.06. The monoisotopic (exact) mass is 453 g/mol. The van der Waals surface area contributed by atoms with Crippen molar-refractivity contribution in [1.82, 2.24) is 9.97 Å². The van der Waals surface area contributed by atoms with E-state index in [2.05, 4.69) is 46.5 Å². The summed E-state index contributed by atoms with van der Waals surface area (Å²) in [6.07, 6.45) is 0. The van der Waals surface area contributed by atoms with E-state index in [1.165, 1.54) is 28.7 Å². The number of thiazole rings is 2. The summed E-state index contributed by atoms with van der Waals surface area (Å²) in [7, 11) is 1.64. The lowest BCUT2D eigenvalue weighted by molar-refractivity contribution is -0.113. The molecule has 0 bridgehead atoms. The predicted octanol–water partition coefficient (Wildman–Crippen LogP) is 5.98. The third-order valence-electron chi connectivity index (χ3n) is 4.29. The van der Waals surface area contributed by atoms with Crippen molar-refractivity contribution in [3.8, 4) is 28.3 Å². The molecule has 5 nitrogen and oxygen atoms in total. The van der Waals surface area contributed by atoms with Gasteiger partial charge in [0.15, 0.2) is 9.47 Å². The number of anilines is 1. The molecule has 152 valence electrons. The maximum Gasteiger partial charge on any atom is 0.236 e. The molecule has 1 N–H and O–H groups in total. The van der Waals surface area contributed by atoms with Crippen molar-refractivity contribution >= 4 is 45.5 Å². The number of carbonyl (C=O) groups is 1. The summed E-state index contributed by atoms with van der Waals surface area (Å²) in [5, 5.41) is 7.41. The van der Waals surface area contributed by atoms with Crippen LogP contribution >= 0.6 is 34.4 Å². The summed E-state index contributed by atoms with van der Waals surface area (Å²) in [6.45, 7) is 2.06. The van der Waals surface area contributed by atoms with Gasteiger partial charge in [0.25, 0.3) is 0 Å². The number of rotatable bonds is 7. The molecule has 0 aliphatic carbocycles. The molecule has 0 spiro atoms. The molecule has 30 heavy (non-hydrogen) atoms. The van der Waals surface area contributed by atoms with Gasteiger partial charge in [-0.25, -0.2) is 9.97 Å². The average Bonchev–Trinajstić information content (AvgIpc) is 3.43. The van der Waals surface area contributed by atoms with E-state index >= 15 is 0 Å². The Morgan fingerprint density at radius 1 is 0.967 bits per heavy atom. The van der Waals surface area contributed by atoms with Gasteiger partial charge >= 0.3 is 0 Å². The Balaban J connectivity index is 1.32. The first-order valence-electron chi connectivity index (χ1n) is 9.16. The van der Waals surface area contributed by atoms with Crippen LogP contribution in [0.4, 0.5) is 5.13 Å². The molecule has 0 radical (unpaired) electrons. The number of hydrogen-bond donors (Lipinski definition) is 1. The molecule has 0 unspecified atom stereocenters. The van der Waals surface area contributed by atoms with Crippen molar-refractivity contribution < 1.29 is 9.53 Å². The highest BCUT2D eigenvalue weighted by Crippen LogP contribution is 2.29. The van der Waals surface area contributed by atoms with Crippen molar-refractivity contribution in [1.29, 1.82) is 0 Å². The number of nitrogens with one attached hydrogen (secondary N) is 1. The van der Waals surface area contributed by atoms with Gasteiger partial charge in [-0.05, 0) is 31.2 Å². The zero-order chi connectivity index (χ0) is 20.9. The highest BCUT2D eigenvalue weighted by atomic mass is 32.2. The van der Waals surface area contributed by atoms with E-state index in [-0.39, 0.29) is 11.7 Å². The van der Waals surface area contributed by atoms with Crippen LogP contribution in [0.25, 0.3) is 22.5 Å². The fourth-order valence-electron chi connectivity index (χ4n) is 2.69. The van der Waals surface area contributed by atoms with Crippen molar-refractivity contribution in [2.45, 2.75) is 11.3 Å². The molecule has 4 rings (SSSR count). The van der Waals surface area contributed by atoms with Crippen LogP contribution in [0.15, 0.2) is 63.6 Å². The van der Waals surface area contributed by atoms with Gasteiger partial charge in [0, 0.05) is 21.9 Å². The first-order valence-corrected chi connectivity index (χ1v) is 11.9. The quantitative estimate of drug-likeness (QED) is 0.349. The Morgan fingerprint density at radius 3 is 2.30 bits per heavy atom. The lowest BCUT2D eigenvalue weighted by Gasteiger charge is -2.01. The van der Waals surface area contributed by atoms with E-state index in [0.29, 0.717) is 5.13 Å². The van der Waals surface area contributed by atoms with E-state index in [1.54, 1.807) is 18.4 Å². The normalized spacial score (nSPS) is 10.7. The Morgan fingerprint density at radius 2 is 1.60 bits per heavy atom. The number of benzene rings is 2. The first kappa shape index (κ1) is 20.6. The number of amides is 1. The number of aromatic nitrogens is 2. The van der Waals surface area contributed by atoms with Gasteiger partial charge in [0.2, 0.25) is 5.91 Å². The van der Waals surface area contributed by atoms with Crippen molar-refractivity contribution in [2.75, 3.05) is 18.2 Å². The summed E-state index contributed by atoms with van der Waals surface area (Å²) >= 11 is 4.39. The van der Waals surface area contributed by atoms with Crippen LogP contribution in [0.3, 0.4) is 0 Å². The minimum absolute atomic E-state index is 0.0947. The summed E-state index contributed by atoms with van der Waals surface area (Å²) in [4.78, 5) is 21.5. The van der Waals surface area contributed by atoms with Crippen LogP contribution in [0.1, 0.15) is 5.56 Å². The first-order chi connectivity index (χ1) is 14.6. The molecule has 1 amide bonds. The standard InChI is InChI=1S/C22H19N3O2S3/c1-14-3-5-15(6-4-14)19-12-29-22(24-19)30-13-20(26)25-21-23-18(11-28-21)16-7-9-17(27-2)10-8-16/h3-12H,13H2,1-2H3,(H,23,25,26). The largest absolute Gasteiger partial charge is 0.497 e. The third-order valence-corrected chi connectivity index (χ3v) is 7.07. The van der Waals surface area contributed by atoms with Crippen molar-refractivity contribution in [3.05, 3.63) is 64.9 Å². The van der Waals surface area contributed by atoms with E-state index in [4.69, 9.17) is 4.74 Å². The molecule has 2 aromatic heterocycles. The zero-order valence-corrected chi connectivity index (χ0v) is 18.9. The van der Waals surface area contributed by atoms with Crippen LogP contribution in [0.2, 0.25) is 0 Å². The zero-order valence-electron chi connectivity index (χ0n) is 16.4. The van der Waals surface area contributed by atoms with Gasteiger partial charge in [0.1, 0.15) is 5.75 Å². The molecule has 0 aliphatic heterocycles. The summed E-state index contributed by atoms with van der Waals surface area (Å²) < 4.78 is 6.05. The molecule has 4 aromatic rings. The minimum atomic E-state index is -0.0947. The average molecular weight is 454 g/mol. The fraction of sp³-hybridized carbons (Fsp3) is 0.136. The van der Waals surface area contributed by atoms with E-state index in [9.17, 15) is 4.79 Å². The maximum atomic E-state index is 12.3. The lowest BCUT2D eigenvalue weighted by atomic mass is 10.1. The van der Waals surface area contributed by atoms with Gasteiger partial charge in [-0.3, -0.25) is 4.79 Å². The lowest BCUT2D eigenvalue weighted by Crippen LogP contribution is -2.13. The van der Waals surface area contributed by atoms with Gasteiger partial charge in [-0.2, -0.15) is 0 Å². The minimum Gasteiger partial charge on any atom is -0.497 e. The smallest absolute Gasteiger partial charge is 0.236 e. The van der Waals surface area contributed by atoms with Crippen molar-refractivity contribution in [2.24, 2.45) is 0 Å². The Kier molecular flexibility index (Phi) is 6.47. The molecule has 0 fully saturated rings. The molecule has 8 heteroatoms. The molecule has 0 atom stereocenters. The summed E-state index contributed by atoms with van der Waals surface area (Å²) in [5.41, 5.74) is 5.05. The Hall–Kier alpha value is -2.68. The van der Waals surface area contributed by atoms with Gasteiger partial charge in [-0.15, -0.1) is 22.7 Å². The second kappa shape index (κ2) is 9.42. The van der Waals surface area contributed by atoms with Crippen LogP contribution < -0.4 is 10.1 Å². The molecular formula is C22H19N3O2S3. The second-order valence-corrected chi connectivity index (χ2v) is 9.41. The number of methoxy groups -OCH3 is 1. The van der Waals surface area contributed by atoms with Gasteiger partial charge < -0.3 is 10.1 Å². The maximum absolute atomic E-state index is 12.3. The molecule has 0 saturated heterocycles. The molecule has 2 aromatic carbocycles. The summed E-state index contributed by atoms with van der Waals surface area (Å²) in [6, 6.07) is 16.0.